The largest absolute Gasteiger partial charge is 0.341 e. The molecule has 0 N–H and O–H groups in total. The highest BCUT2D eigenvalue weighted by molar-refractivity contribution is 7.89. The van der Waals surface area contributed by atoms with Gasteiger partial charge in [-0.2, -0.15) is 4.31 Å². The minimum absolute atomic E-state index is 0.0347. The van der Waals surface area contributed by atoms with E-state index in [1.807, 2.05) is 12.1 Å². The molecule has 6 heteroatoms. The summed E-state index contributed by atoms with van der Waals surface area (Å²) in [5.41, 5.74) is 1.13. The lowest BCUT2D eigenvalue weighted by molar-refractivity contribution is -0.129. The van der Waals surface area contributed by atoms with Crippen molar-refractivity contribution in [2.75, 3.05) is 19.6 Å². The van der Waals surface area contributed by atoms with Gasteiger partial charge in [-0.05, 0) is 42.4 Å². The topological polar surface area (TPSA) is 57.7 Å². The summed E-state index contributed by atoms with van der Waals surface area (Å²) in [6.45, 7) is 7.44. The van der Waals surface area contributed by atoms with E-state index in [2.05, 4.69) is 13.8 Å². The van der Waals surface area contributed by atoms with Crippen molar-refractivity contribution in [1.29, 1.82) is 0 Å². The van der Waals surface area contributed by atoms with Crippen LogP contribution in [-0.4, -0.2) is 49.2 Å². The molecule has 0 spiro atoms. The van der Waals surface area contributed by atoms with Crippen LogP contribution in [0.5, 0.6) is 0 Å². The number of carbonyl (C=O) groups excluding carboxylic acids is 1. The number of nitrogens with zero attached hydrogens (tertiary/aromatic N) is 2. The molecule has 3 aliphatic rings. The van der Waals surface area contributed by atoms with Crippen molar-refractivity contribution < 1.29 is 13.2 Å². The standard InChI is InChI=1S/C18H26N2O3S/c1-13(2)16-5-8-18(9-6-16)24(22,23)20-11-15-4-7-17(20)12-19(10-15)14(3)21/h5-6,8-9,13,15,17H,4,7,10-12H2,1-3H3/t15-,17+/m1/s1. The van der Waals surface area contributed by atoms with Gasteiger partial charge < -0.3 is 4.90 Å². The number of hydrogen-bond donors (Lipinski definition) is 0. The maximum absolute atomic E-state index is 13.1. The molecule has 24 heavy (non-hydrogen) atoms. The minimum Gasteiger partial charge on any atom is -0.341 e. The Bertz CT molecular complexity index is 712. The summed E-state index contributed by atoms with van der Waals surface area (Å²) in [4.78, 5) is 13.9. The van der Waals surface area contributed by atoms with Gasteiger partial charge in [-0.1, -0.05) is 26.0 Å². The van der Waals surface area contributed by atoms with E-state index in [4.69, 9.17) is 0 Å². The first-order valence-electron chi connectivity index (χ1n) is 8.66. The second kappa shape index (κ2) is 6.48. The van der Waals surface area contributed by atoms with Gasteiger partial charge in [0.2, 0.25) is 15.9 Å². The summed E-state index contributed by atoms with van der Waals surface area (Å²) in [7, 11) is -3.51. The van der Waals surface area contributed by atoms with Gasteiger partial charge in [-0.15, -0.1) is 0 Å². The van der Waals surface area contributed by atoms with Crippen molar-refractivity contribution in [1.82, 2.24) is 9.21 Å². The smallest absolute Gasteiger partial charge is 0.243 e. The molecular weight excluding hydrogens is 324 g/mol. The Morgan fingerprint density at radius 2 is 1.75 bits per heavy atom. The lowest BCUT2D eigenvalue weighted by Crippen LogP contribution is -2.47. The van der Waals surface area contributed by atoms with Crippen molar-refractivity contribution >= 4 is 15.9 Å². The zero-order valence-corrected chi connectivity index (χ0v) is 15.4. The predicted molar refractivity (Wildman–Crippen MR) is 93.2 cm³/mol. The van der Waals surface area contributed by atoms with Gasteiger partial charge in [-0.3, -0.25) is 4.79 Å². The Labute approximate surface area is 144 Å². The normalized spacial score (nSPS) is 25.1. The fraction of sp³-hybridized carbons (Fsp3) is 0.611. The summed E-state index contributed by atoms with van der Waals surface area (Å²) in [5.74, 6) is 0.643. The van der Waals surface area contributed by atoms with Crippen molar-refractivity contribution in [3.05, 3.63) is 29.8 Å². The van der Waals surface area contributed by atoms with Gasteiger partial charge >= 0.3 is 0 Å². The third-order valence-electron chi connectivity index (χ3n) is 5.26. The molecule has 0 aromatic heterocycles. The molecule has 3 aliphatic heterocycles. The van der Waals surface area contributed by atoms with Crippen LogP contribution in [0.4, 0.5) is 0 Å². The average Bonchev–Trinajstić information content (AvgIpc) is 2.87. The summed E-state index contributed by atoms with van der Waals surface area (Å²) in [5, 5.41) is 0. The second-order valence-electron chi connectivity index (χ2n) is 7.32. The average molecular weight is 350 g/mol. The molecule has 1 aromatic carbocycles. The highest BCUT2D eigenvalue weighted by atomic mass is 32.2. The number of benzene rings is 1. The van der Waals surface area contributed by atoms with Crippen LogP contribution in [0.3, 0.4) is 0 Å². The molecule has 2 bridgehead atoms. The molecule has 3 heterocycles. The summed E-state index contributed by atoms with van der Waals surface area (Å²) in [6.07, 6.45) is 1.82. The molecule has 4 rings (SSSR count). The van der Waals surface area contributed by atoms with Crippen LogP contribution in [0, 0.1) is 5.92 Å². The predicted octanol–water partition coefficient (Wildman–Crippen LogP) is 2.44. The molecule has 132 valence electrons. The highest BCUT2D eigenvalue weighted by Crippen LogP contribution is 2.32. The van der Waals surface area contributed by atoms with Crippen LogP contribution in [0.1, 0.15) is 45.1 Å². The Kier molecular flexibility index (Phi) is 4.71. The Morgan fingerprint density at radius 1 is 1.08 bits per heavy atom. The fourth-order valence-electron chi connectivity index (χ4n) is 3.75. The van der Waals surface area contributed by atoms with Crippen LogP contribution in [0.25, 0.3) is 0 Å². The van der Waals surface area contributed by atoms with E-state index in [0.717, 1.165) is 18.4 Å². The van der Waals surface area contributed by atoms with Crippen LogP contribution < -0.4 is 0 Å². The number of rotatable bonds is 3. The number of amides is 1. The molecule has 1 aromatic rings. The molecule has 2 atom stereocenters. The van der Waals surface area contributed by atoms with E-state index in [-0.39, 0.29) is 17.9 Å². The van der Waals surface area contributed by atoms with E-state index >= 15 is 0 Å². The highest BCUT2D eigenvalue weighted by Gasteiger charge is 2.41. The number of piperidine rings is 1. The molecule has 3 saturated heterocycles. The molecule has 5 nitrogen and oxygen atoms in total. The zero-order chi connectivity index (χ0) is 17.5. The molecular formula is C18H26N2O3S. The third-order valence-corrected chi connectivity index (χ3v) is 7.19. The molecule has 0 unspecified atom stereocenters. The summed E-state index contributed by atoms with van der Waals surface area (Å²) < 4.78 is 27.9. The zero-order valence-electron chi connectivity index (χ0n) is 14.6. The van der Waals surface area contributed by atoms with E-state index < -0.39 is 10.0 Å². The van der Waals surface area contributed by atoms with Crippen LogP contribution >= 0.6 is 0 Å². The van der Waals surface area contributed by atoms with Crippen molar-refractivity contribution in [2.45, 2.75) is 50.5 Å². The first kappa shape index (κ1) is 17.4. The molecule has 1 amide bonds. The van der Waals surface area contributed by atoms with Gasteiger partial charge in [0.25, 0.3) is 0 Å². The van der Waals surface area contributed by atoms with Crippen LogP contribution in [-0.2, 0) is 14.8 Å². The van der Waals surface area contributed by atoms with Gasteiger partial charge in [0, 0.05) is 32.6 Å². The number of fused-ring (bicyclic) bond motifs is 4. The first-order chi connectivity index (χ1) is 11.3. The van der Waals surface area contributed by atoms with E-state index in [9.17, 15) is 13.2 Å². The lowest BCUT2D eigenvalue weighted by Gasteiger charge is -2.34. The Balaban J connectivity index is 1.88. The fourth-order valence-corrected chi connectivity index (χ4v) is 5.47. The lowest BCUT2D eigenvalue weighted by atomic mass is 9.97. The molecule has 0 aliphatic carbocycles. The summed E-state index contributed by atoms with van der Waals surface area (Å²) >= 11 is 0. The van der Waals surface area contributed by atoms with Crippen molar-refractivity contribution in [2.24, 2.45) is 5.92 Å². The quantitative estimate of drug-likeness (QED) is 0.841. The van der Waals surface area contributed by atoms with E-state index in [1.165, 1.54) is 0 Å². The Morgan fingerprint density at radius 3 is 2.33 bits per heavy atom. The van der Waals surface area contributed by atoms with Gasteiger partial charge in [0.1, 0.15) is 0 Å². The second-order valence-corrected chi connectivity index (χ2v) is 9.21. The van der Waals surface area contributed by atoms with Gasteiger partial charge in [0.15, 0.2) is 0 Å². The van der Waals surface area contributed by atoms with Crippen LogP contribution in [0.15, 0.2) is 29.2 Å². The number of sulfonamides is 1. The van der Waals surface area contributed by atoms with Gasteiger partial charge in [-0.25, -0.2) is 8.42 Å². The minimum atomic E-state index is -3.51. The molecule has 0 saturated carbocycles. The van der Waals surface area contributed by atoms with Crippen molar-refractivity contribution in [3.8, 4) is 0 Å². The summed E-state index contributed by atoms with van der Waals surface area (Å²) in [6, 6.07) is 7.12. The first-order valence-corrected chi connectivity index (χ1v) is 10.1. The molecule has 3 fully saturated rings. The van der Waals surface area contributed by atoms with Crippen molar-refractivity contribution in [3.63, 3.8) is 0 Å². The van der Waals surface area contributed by atoms with Crippen LogP contribution in [0.2, 0.25) is 0 Å². The van der Waals surface area contributed by atoms with Gasteiger partial charge in [0.05, 0.1) is 4.90 Å². The maximum atomic E-state index is 13.1. The SMILES string of the molecule is CC(=O)N1C[C@H]2CC[C@@H](C1)N(S(=O)(=O)c1ccc(C(C)C)cc1)C2. The Hall–Kier alpha value is -1.40. The third kappa shape index (κ3) is 3.22. The van der Waals surface area contributed by atoms with E-state index in [1.54, 1.807) is 28.3 Å². The molecule has 0 radical (unpaired) electrons. The maximum Gasteiger partial charge on any atom is 0.243 e. The monoisotopic (exact) mass is 350 g/mol. The number of carbonyl (C=O) groups is 1. The van der Waals surface area contributed by atoms with E-state index in [0.29, 0.717) is 30.4 Å². The number of hydrogen-bond acceptors (Lipinski definition) is 3.